The fourth-order valence-corrected chi connectivity index (χ4v) is 2.18. The van der Waals surface area contributed by atoms with Crippen LogP contribution < -0.4 is 0 Å². The van der Waals surface area contributed by atoms with Crippen LogP contribution in [0.2, 0.25) is 0 Å². The van der Waals surface area contributed by atoms with Crippen molar-refractivity contribution in [3.63, 3.8) is 0 Å². The molecule has 0 unspecified atom stereocenters. The van der Waals surface area contributed by atoms with Gasteiger partial charge in [-0.3, -0.25) is 4.90 Å². The highest BCUT2D eigenvalue weighted by atomic mass is 16.5. The fraction of sp³-hybridized carbons (Fsp3) is 0.538. The van der Waals surface area contributed by atoms with Gasteiger partial charge in [-0.2, -0.15) is 0 Å². The van der Waals surface area contributed by atoms with Crippen molar-refractivity contribution in [2.45, 2.75) is 32.0 Å². The Kier molecular flexibility index (Phi) is 3.39. The van der Waals surface area contributed by atoms with Crippen molar-refractivity contribution < 1.29 is 4.74 Å². The summed E-state index contributed by atoms with van der Waals surface area (Å²) in [7, 11) is 2.16. The van der Waals surface area contributed by atoms with Crippen LogP contribution in [-0.4, -0.2) is 24.8 Å². The third kappa shape index (κ3) is 2.21. The lowest BCUT2D eigenvalue weighted by Crippen LogP contribution is -2.28. The van der Waals surface area contributed by atoms with E-state index < -0.39 is 0 Å². The number of benzene rings is 1. The summed E-state index contributed by atoms with van der Waals surface area (Å²) in [6, 6.07) is 11.0. The summed E-state index contributed by atoms with van der Waals surface area (Å²) < 4.78 is 5.80. The molecule has 1 heterocycles. The largest absolute Gasteiger partial charge is 0.361 e. The Balaban J connectivity index is 2.07. The van der Waals surface area contributed by atoms with E-state index >= 15 is 0 Å². The lowest BCUT2D eigenvalue weighted by atomic mass is 10.1. The van der Waals surface area contributed by atoms with Crippen LogP contribution in [0, 0.1) is 0 Å². The number of nitrogens with zero attached hydrogens (tertiary/aromatic N) is 1. The van der Waals surface area contributed by atoms with E-state index in [0.717, 1.165) is 13.0 Å². The zero-order valence-electron chi connectivity index (χ0n) is 9.52. The summed E-state index contributed by atoms with van der Waals surface area (Å²) in [4.78, 5) is 2.35. The third-order valence-corrected chi connectivity index (χ3v) is 3.11. The molecule has 1 saturated heterocycles. The van der Waals surface area contributed by atoms with E-state index in [4.69, 9.17) is 4.74 Å². The second-order valence-corrected chi connectivity index (χ2v) is 4.17. The lowest BCUT2D eigenvalue weighted by Gasteiger charge is -2.23. The van der Waals surface area contributed by atoms with Gasteiger partial charge in [-0.1, -0.05) is 43.7 Å². The molecule has 2 rings (SSSR count). The fourth-order valence-electron chi connectivity index (χ4n) is 2.18. The minimum absolute atomic E-state index is 0.306. The second kappa shape index (κ2) is 4.77. The summed E-state index contributed by atoms with van der Waals surface area (Å²) in [6.45, 7) is 3.03. The first-order valence-corrected chi connectivity index (χ1v) is 5.71. The van der Waals surface area contributed by atoms with Gasteiger partial charge >= 0.3 is 0 Å². The first-order valence-electron chi connectivity index (χ1n) is 5.71. The molecule has 82 valence electrons. The second-order valence-electron chi connectivity index (χ2n) is 4.17. The quantitative estimate of drug-likeness (QED) is 0.752. The summed E-state index contributed by atoms with van der Waals surface area (Å²) in [5, 5.41) is 0. The van der Waals surface area contributed by atoms with Crippen molar-refractivity contribution in [3.8, 4) is 0 Å². The Morgan fingerprint density at radius 3 is 2.73 bits per heavy atom. The molecule has 0 amide bonds. The predicted molar refractivity (Wildman–Crippen MR) is 61.6 cm³/mol. The number of hydrogen-bond donors (Lipinski definition) is 0. The third-order valence-electron chi connectivity index (χ3n) is 3.11. The van der Waals surface area contributed by atoms with Crippen LogP contribution in [0.1, 0.15) is 31.4 Å². The number of likely N-dealkylation sites (N-methyl/N-ethyl adjacent to an activating group) is 1. The molecule has 1 aromatic carbocycles. The SMILES string of the molecule is CCC[C@@H]1OC[C@@H](c2ccccc2)N1C. The highest BCUT2D eigenvalue weighted by Crippen LogP contribution is 2.29. The zero-order valence-corrected chi connectivity index (χ0v) is 9.52. The van der Waals surface area contributed by atoms with Gasteiger partial charge in [0.2, 0.25) is 0 Å². The number of ether oxygens (including phenoxy) is 1. The van der Waals surface area contributed by atoms with Crippen LogP contribution in [0.15, 0.2) is 30.3 Å². The Bertz CT molecular complexity index is 299. The minimum Gasteiger partial charge on any atom is -0.361 e. The van der Waals surface area contributed by atoms with Gasteiger partial charge < -0.3 is 4.74 Å². The van der Waals surface area contributed by atoms with E-state index in [-0.39, 0.29) is 0 Å². The zero-order chi connectivity index (χ0) is 10.7. The Labute approximate surface area is 91.9 Å². The van der Waals surface area contributed by atoms with Gasteiger partial charge in [-0.25, -0.2) is 0 Å². The van der Waals surface area contributed by atoms with Gasteiger partial charge in [0.1, 0.15) is 6.23 Å². The summed E-state index contributed by atoms with van der Waals surface area (Å²) in [5.41, 5.74) is 1.36. The highest BCUT2D eigenvalue weighted by Gasteiger charge is 2.31. The summed E-state index contributed by atoms with van der Waals surface area (Å²) >= 11 is 0. The van der Waals surface area contributed by atoms with Gasteiger partial charge in [-0.15, -0.1) is 0 Å². The molecule has 0 aromatic heterocycles. The van der Waals surface area contributed by atoms with E-state index in [0.29, 0.717) is 12.3 Å². The highest BCUT2D eigenvalue weighted by molar-refractivity contribution is 5.19. The molecular weight excluding hydrogens is 186 g/mol. The Morgan fingerprint density at radius 1 is 1.33 bits per heavy atom. The molecule has 1 aliphatic heterocycles. The first kappa shape index (κ1) is 10.7. The number of hydrogen-bond acceptors (Lipinski definition) is 2. The molecule has 15 heavy (non-hydrogen) atoms. The average molecular weight is 205 g/mol. The smallest absolute Gasteiger partial charge is 0.111 e. The molecule has 2 atom stereocenters. The molecule has 1 fully saturated rings. The molecule has 1 aliphatic rings. The van der Waals surface area contributed by atoms with Crippen molar-refractivity contribution >= 4 is 0 Å². The maximum absolute atomic E-state index is 5.80. The van der Waals surface area contributed by atoms with Crippen LogP contribution in [0.25, 0.3) is 0 Å². The van der Waals surface area contributed by atoms with Gasteiger partial charge in [0.15, 0.2) is 0 Å². The van der Waals surface area contributed by atoms with Crippen LogP contribution >= 0.6 is 0 Å². The molecule has 0 N–H and O–H groups in total. The van der Waals surface area contributed by atoms with Crippen LogP contribution in [-0.2, 0) is 4.74 Å². The molecule has 0 radical (unpaired) electrons. The molecule has 0 aliphatic carbocycles. The van der Waals surface area contributed by atoms with E-state index in [1.54, 1.807) is 0 Å². The van der Waals surface area contributed by atoms with Crippen molar-refractivity contribution in [2.75, 3.05) is 13.7 Å². The Hall–Kier alpha value is -0.860. The topological polar surface area (TPSA) is 12.5 Å². The number of rotatable bonds is 3. The van der Waals surface area contributed by atoms with E-state index in [9.17, 15) is 0 Å². The van der Waals surface area contributed by atoms with E-state index in [2.05, 4.69) is 49.2 Å². The van der Waals surface area contributed by atoms with E-state index in [1.165, 1.54) is 12.0 Å². The van der Waals surface area contributed by atoms with Crippen molar-refractivity contribution in [3.05, 3.63) is 35.9 Å². The van der Waals surface area contributed by atoms with Gasteiger partial charge in [0.25, 0.3) is 0 Å². The minimum atomic E-state index is 0.306. The standard InChI is InChI=1S/C13H19NO/c1-3-7-13-14(2)12(10-15-13)11-8-5-4-6-9-11/h4-6,8-9,12-13H,3,7,10H2,1-2H3/t12-,13-/m0/s1. The average Bonchev–Trinajstić information content (AvgIpc) is 2.63. The maximum atomic E-state index is 5.80. The first-order chi connectivity index (χ1) is 7.33. The molecule has 1 aromatic rings. The maximum Gasteiger partial charge on any atom is 0.111 e. The molecule has 0 saturated carbocycles. The molecule has 0 spiro atoms. The summed E-state index contributed by atoms with van der Waals surface area (Å²) in [5.74, 6) is 0. The van der Waals surface area contributed by atoms with Gasteiger partial charge in [-0.05, 0) is 19.0 Å². The van der Waals surface area contributed by atoms with Gasteiger partial charge in [0.05, 0.1) is 12.6 Å². The van der Waals surface area contributed by atoms with Crippen molar-refractivity contribution in [2.24, 2.45) is 0 Å². The van der Waals surface area contributed by atoms with Crippen LogP contribution in [0.5, 0.6) is 0 Å². The normalized spacial score (nSPS) is 27.1. The lowest BCUT2D eigenvalue weighted by molar-refractivity contribution is 0.0367. The predicted octanol–water partition coefficient (Wildman–Crippen LogP) is 2.82. The van der Waals surface area contributed by atoms with E-state index in [1.807, 2.05) is 0 Å². The Morgan fingerprint density at radius 2 is 2.07 bits per heavy atom. The molecule has 2 nitrogen and oxygen atoms in total. The van der Waals surface area contributed by atoms with Crippen molar-refractivity contribution in [1.82, 2.24) is 4.90 Å². The molecular formula is C13H19NO. The van der Waals surface area contributed by atoms with Crippen molar-refractivity contribution in [1.29, 1.82) is 0 Å². The van der Waals surface area contributed by atoms with Crippen LogP contribution in [0.3, 0.4) is 0 Å². The van der Waals surface area contributed by atoms with Crippen LogP contribution in [0.4, 0.5) is 0 Å². The monoisotopic (exact) mass is 205 g/mol. The van der Waals surface area contributed by atoms with Gasteiger partial charge in [0, 0.05) is 0 Å². The summed E-state index contributed by atoms with van der Waals surface area (Å²) in [6.07, 6.45) is 2.61. The molecule has 0 bridgehead atoms. The molecule has 2 heteroatoms.